The Labute approximate surface area is 103 Å². The van der Waals surface area contributed by atoms with Gasteiger partial charge in [0.2, 0.25) is 0 Å². The number of halogens is 2. The van der Waals surface area contributed by atoms with Gasteiger partial charge in [0, 0.05) is 19.1 Å². The normalized spacial score (nSPS) is 15.8. The molecule has 16 heavy (non-hydrogen) atoms. The molecule has 0 unspecified atom stereocenters. The maximum Gasteiger partial charge on any atom is 0.137 e. The number of benzene rings is 1. The largest absolute Gasteiger partial charge is 0.395 e. The molecular weight excluding hydrogens is 273 g/mol. The molecule has 0 atom stereocenters. The molecule has 88 valence electrons. The SMILES string of the molecule is OCCN(Cc1ccc(Br)c(F)c1)C1CC1. The zero-order chi connectivity index (χ0) is 11.5. The summed E-state index contributed by atoms with van der Waals surface area (Å²) in [5.41, 5.74) is 0.959. The molecule has 1 aliphatic carbocycles. The highest BCUT2D eigenvalue weighted by molar-refractivity contribution is 9.10. The maximum atomic E-state index is 13.3. The minimum atomic E-state index is -0.225. The fourth-order valence-corrected chi connectivity index (χ4v) is 2.08. The highest BCUT2D eigenvalue weighted by atomic mass is 79.9. The molecule has 4 heteroatoms. The summed E-state index contributed by atoms with van der Waals surface area (Å²) in [6.07, 6.45) is 2.39. The van der Waals surface area contributed by atoms with E-state index in [1.807, 2.05) is 6.07 Å². The van der Waals surface area contributed by atoms with Crippen molar-refractivity contribution >= 4 is 15.9 Å². The number of hydrogen-bond acceptors (Lipinski definition) is 2. The van der Waals surface area contributed by atoms with E-state index in [-0.39, 0.29) is 12.4 Å². The average Bonchev–Trinajstić information content (AvgIpc) is 3.06. The van der Waals surface area contributed by atoms with Crippen molar-refractivity contribution in [3.8, 4) is 0 Å². The van der Waals surface area contributed by atoms with Crippen molar-refractivity contribution in [2.45, 2.75) is 25.4 Å². The third-order valence-corrected chi connectivity index (χ3v) is 3.46. The van der Waals surface area contributed by atoms with Gasteiger partial charge in [-0.05, 0) is 46.5 Å². The Balaban J connectivity index is 2.03. The van der Waals surface area contributed by atoms with Crippen LogP contribution in [0, 0.1) is 5.82 Å². The van der Waals surface area contributed by atoms with Crippen LogP contribution in [0.5, 0.6) is 0 Å². The fourth-order valence-electron chi connectivity index (χ4n) is 1.83. The molecule has 2 rings (SSSR count). The van der Waals surface area contributed by atoms with Gasteiger partial charge < -0.3 is 5.11 Å². The Morgan fingerprint density at radius 3 is 2.75 bits per heavy atom. The molecule has 0 amide bonds. The van der Waals surface area contributed by atoms with Crippen LogP contribution in [0.3, 0.4) is 0 Å². The van der Waals surface area contributed by atoms with Gasteiger partial charge in [-0.25, -0.2) is 4.39 Å². The summed E-state index contributed by atoms with van der Waals surface area (Å²) in [6.45, 7) is 1.55. The van der Waals surface area contributed by atoms with Gasteiger partial charge >= 0.3 is 0 Å². The van der Waals surface area contributed by atoms with E-state index in [9.17, 15) is 4.39 Å². The zero-order valence-corrected chi connectivity index (χ0v) is 10.6. The number of rotatable bonds is 5. The second kappa shape index (κ2) is 5.25. The van der Waals surface area contributed by atoms with Crippen LogP contribution in [0.2, 0.25) is 0 Å². The van der Waals surface area contributed by atoms with Crippen LogP contribution in [-0.4, -0.2) is 29.2 Å². The summed E-state index contributed by atoms with van der Waals surface area (Å²) >= 11 is 3.14. The van der Waals surface area contributed by atoms with E-state index in [0.717, 1.165) is 12.1 Å². The topological polar surface area (TPSA) is 23.5 Å². The van der Waals surface area contributed by atoms with E-state index >= 15 is 0 Å². The molecule has 0 bridgehead atoms. The lowest BCUT2D eigenvalue weighted by Crippen LogP contribution is -2.28. The van der Waals surface area contributed by atoms with Crippen molar-refractivity contribution in [3.63, 3.8) is 0 Å². The smallest absolute Gasteiger partial charge is 0.137 e. The summed E-state index contributed by atoms with van der Waals surface area (Å²) in [5.74, 6) is -0.225. The number of aliphatic hydroxyl groups is 1. The Kier molecular flexibility index (Phi) is 3.95. The molecule has 2 nitrogen and oxygen atoms in total. The Morgan fingerprint density at radius 2 is 2.19 bits per heavy atom. The van der Waals surface area contributed by atoms with Crippen molar-refractivity contribution < 1.29 is 9.50 Å². The first-order chi connectivity index (χ1) is 7.70. The van der Waals surface area contributed by atoms with Crippen LogP contribution in [0.15, 0.2) is 22.7 Å². The Morgan fingerprint density at radius 1 is 1.44 bits per heavy atom. The van der Waals surface area contributed by atoms with E-state index in [1.165, 1.54) is 12.8 Å². The molecule has 0 aliphatic heterocycles. The summed E-state index contributed by atoms with van der Waals surface area (Å²) in [7, 11) is 0. The van der Waals surface area contributed by atoms with Gasteiger partial charge in [-0.15, -0.1) is 0 Å². The van der Waals surface area contributed by atoms with Crippen LogP contribution >= 0.6 is 15.9 Å². The Bertz CT molecular complexity index is 368. The van der Waals surface area contributed by atoms with Crippen LogP contribution < -0.4 is 0 Å². The molecule has 1 fully saturated rings. The second-order valence-corrected chi connectivity index (χ2v) is 5.03. The predicted octanol–water partition coefficient (Wildman–Crippen LogP) is 2.54. The first-order valence-corrected chi connectivity index (χ1v) is 6.29. The van der Waals surface area contributed by atoms with Crippen molar-refractivity contribution in [2.75, 3.05) is 13.2 Å². The molecule has 0 heterocycles. The van der Waals surface area contributed by atoms with E-state index in [2.05, 4.69) is 20.8 Å². The van der Waals surface area contributed by atoms with Crippen molar-refractivity contribution in [2.24, 2.45) is 0 Å². The van der Waals surface area contributed by atoms with Gasteiger partial charge in [0.1, 0.15) is 5.82 Å². The summed E-state index contributed by atoms with van der Waals surface area (Å²) < 4.78 is 13.8. The van der Waals surface area contributed by atoms with Gasteiger partial charge in [-0.3, -0.25) is 4.90 Å². The molecular formula is C12H15BrFNO. The quantitative estimate of drug-likeness (QED) is 0.900. The standard InChI is InChI=1S/C12H15BrFNO/c13-11-4-1-9(7-12(11)14)8-15(5-6-16)10-2-3-10/h1,4,7,10,16H,2-3,5-6,8H2. The Hall–Kier alpha value is -0.450. The molecule has 0 radical (unpaired) electrons. The molecule has 1 saturated carbocycles. The minimum absolute atomic E-state index is 0.162. The third kappa shape index (κ3) is 3.03. The lowest BCUT2D eigenvalue weighted by atomic mass is 10.2. The average molecular weight is 288 g/mol. The van der Waals surface area contributed by atoms with Gasteiger partial charge in [0.25, 0.3) is 0 Å². The molecule has 1 N–H and O–H groups in total. The van der Waals surface area contributed by atoms with Crippen LogP contribution in [0.4, 0.5) is 4.39 Å². The van der Waals surface area contributed by atoms with E-state index in [1.54, 1.807) is 12.1 Å². The molecule has 1 aromatic rings. The first-order valence-electron chi connectivity index (χ1n) is 5.49. The fraction of sp³-hybridized carbons (Fsp3) is 0.500. The maximum absolute atomic E-state index is 13.3. The lowest BCUT2D eigenvalue weighted by molar-refractivity contribution is 0.183. The minimum Gasteiger partial charge on any atom is -0.395 e. The summed E-state index contributed by atoms with van der Waals surface area (Å²) in [6, 6.07) is 5.78. The number of hydrogen-bond donors (Lipinski definition) is 1. The van der Waals surface area contributed by atoms with Crippen molar-refractivity contribution in [1.29, 1.82) is 0 Å². The van der Waals surface area contributed by atoms with Gasteiger partial charge in [0.05, 0.1) is 11.1 Å². The van der Waals surface area contributed by atoms with Crippen LogP contribution in [0.1, 0.15) is 18.4 Å². The second-order valence-electron chi connectivity index (χ2n) is 4.17. The molecule has 0 aromatic heterocycles. The number of nitrogens with zero attached hydrogens (tertiary/aromatic N) is 1. The van der Waals surface area contributed by atoms with E-state index in [4.69, 9.17) is 5.11 Å². The van der Waals surface area contributed by atoms with Crippen LogP contribution in [0.25, 0.3) is 0 Å². The number of aliphatic hydroxyl groups excluding tert-OH is 1. The monoisotopic (exact) mass is 287 g/mol. The van der Waals surface area contributed by atoms with Crippen molar-refractivity contribution in [3.05, 3.63) is 34.1 Å². The van der Waals surface area contributed by atoms with E-state index < -0.39 is 0 Å². The third-order valence-electron chi connectivity index (χ3n) is 2.82. The lowest BCUT2D eigenvalue weighted by Gasteiger charge is -2.20. The van der Waals surface area contributed by atoms with Gasteiger partial charge in [-0.2, -0.15) is 0 Å². The van der Waals surface area contributed by atoms with Gasteiger partial charge in [0.15, 0.2) is 0 Å². The highest BCUT2D eigenvalue weighted by Gasteiger charge is 2.28. The van der Waals surface area contributed by atoms with Crippen molar-refractivity contribution in [1.82, 2.24) is 4.90 Å². The zero-order valence-electron chi connectivity index (χ0n) is 9.00. The molecule has 0 spiro atoms. The summed E-state index contributed by atoms with van der Waals surface area (Å²) in [4.78, 5) is 2.21. The molecule has 1 aliphatic rings. The first kappa shape index (κ1) is 12.0. The van der Waals surface area contributed by atoms with Crippen LogP contribution in [-0.2, 0) is 6.54 Å². The molecule has 0 saturated heterocycles. The molecule has 1 aromatic carbocycles. The highest BCUT2D eigenvalue weighted by Crippen LogP contribution is 2.28. The predicted molar refractivity (Wildman–Crippen MR) is 64.6 cm³/mol. The summed E-state index contributed by atoms with van der Waals surface area (Å²) in [5, 5.41) is 8.97. The van der Waals surface area contributed by atoms with Gasteiger partial charge in [-0.1, -0.05) is 6.07 Å². The van der Waals surface area contributed by atoms with E-state index in [0.29, 0.717) is 17.1 Å².